The summed E-state index contributed by atoms with van der Waals surface area (Å²) in [6.45, 7) is 6.67. The van der Waals surface area contributed by atoms with Gasteiger partial charge in [-0.3, -0.25) is 4.79 Å². The minimum Gasteiger partial charge on any atom is -0.375 e. The topological polar surface area (TPSA) is 102 Å². The van der Waals surface area contributed by atoms with Gasteiger partial charge in [-0.2, -0.15) is 5.26 Å². The van der Waals surface area contributed by atoms with Crippen LogP contribution in [0.1, 0.15) is 12.0 Å². The van der Waals surface area contributed by atoms with Crippen LogP contribution in [0.4, 0.5) is 25.4 Å². The van der Waals surface area contributed by atoms with Crippen LogP contribution in [0.3, 0.4) is 0 Å². The molecule has 2 aromatic heterocycles. The van der Waals surface area contributed by atoms with Crippen LogP contribution in [0.2, 0.25) is 5.02 Å². The lowest BCUT2D eigenvalue weighted by molar-refractivity contribution is -0.126. The minimum absolute atomic E-state index is 0.0404. The molecule has 2 aromatic carbocycles. The van der Waals surface area contributed by atoms with Gasteiger partial charge in [0.05, 0.1) is 20.9 Å². The van der Waals surface area contributed by atoms with Gasteiger partial charge >= 0.3 is 0 Å². The second-order valence-electron chi connectivity index (χ2n) is 9.40. The Morgan fingerprint density at radius 1 is 1.13 bits per heavy atom. The van der Waals surface area contributed by atoms with E-state index in [1.165, 1.54) is 18.2 Å². The SMILES string of the molecule is C=CC(=O)N1CCN(c2c(C#N)c(N3CCC3)nc3c(F)c(-c4ccc(F)c5sc(N)nc45)c(Cl)cc23)CC1. The van der Waals surface area contributed by atoms with Crippen LogP contribution in [-0.4, -0.2) is 60.0 Å². The maximum atomic E-state index is 16.5. The van der Waals surface area contributed by atoms with Crippen molar-refractivity contribution in [1.82, 2.24) is 14.9 Å². The van der Waals surface area contributed by atoms with Gasteiger partial charge in [-0.15, -0.1) is 0 Å². The molecular weight excluding hydrogens is 544 g/mol. The minimum atomic E-state index is -0.690. The Morgan fingerprint density at radius 2 is 1.87 bits per heavy atom. The zero-order valence-corrected chi connectivity index (χ0v) is 22.2. The number of benzene rings is 2. The average molecular weight is 566 g/mol. The molecule has 2 saturated heterocycles. The highest BCUT2D eigenvalue weighted by atomic mass is 35.5. The van der Waals surface area contributed by atoms with Crippen LogP contribution in [0.5, 0.6) is 0 Å². The van der Waals surface area contributed by atoms with E-state index in [4.69, 9.17) is 17.3 Å². The summed E-state index contributed by atoms with van der Waals surface area (Å²) in [7, 11) is 0. The number of hydrogen-bond donors (Lipinski definition) is 1. The highest BCUT2D eigenvalue weighted by Gasteiger charge is 2.31. The lowest BCUT2D eigenvalue weighted by atomic mass is 9.98. The Hall–Kier alpha value is -4.01. The van der Waals surface area contributed by atoms with Crippen molar-refractivity contribution in [1.29, 1.82) is 5.26 Å². The summed E-state index contributed by atoms with van der Waals surface area (Å²) in [6.07, 6.45) is 2.22. The second-order valence-corrected chi connectivity index (χ2v) is 10.8. The summed E-state index contributed by atoms with van der Waals surface area (Å²) in [5.74, 6) is -0.952. The number of carbonyl (C=O) groups excluding carboxylic acids is 1. The van der Waals surface area contributed by atoms with E-state index >= 15 is 4.39 Å². The first-order valence-electron chi connectivity index (χ1n) is 12.3. The van der Waals surface area contributed by atoms with Gasteiger partial charge in [0.15, 0.2) is 10.9 Å². The molecule has 2 aliphatic rings. The number of fused-ring (bicyclic) bond motifs is 2. The van der Waals surface area contributed by atoms with Crippen molar-refractivity contribution in [2.45, 2.75) is 6.42 Å². The quantitative estimate of drug-likeness (QED) is 0.350. The maximum Gasteiger partial charge on any atom is 0.246 e. The molecule has 4 heterocycles. The first-order chi connectivity index (χ1) is 18.8. The van der Waals surface area contributed by atoms with Crippen LogP contribution >= 0.6 is 22.9 Å². The van der Waals surface area contributed by atoms with Gasteiger partial charge in [0.25, 0.3) is 0 Å². The van der Waals surface area contributed by atoms with Crippen LogP contribution in [0.15, 0.2) is 30.9 Å². The summed E-state index contributed by atoms with van der Waals surface area (Å²) >= 11 is 7.70. The van der Waals surface area contributed by atoms with Gasteiger partial charge in [-0.1, -0.05) is 29.5 Å². The van der Waals surface area contributed by atoms with E-state index in [0.29, 0.717) is 67.3 Å². The number of anilines is 3. The first-order valence-corrected chi connectivity index (χ1v) is 13.5. The Labute approximate surface area is 231 Å². The predicted molar refractivity (Wildman–Crippen MR) is 150 cm³/mol. The fraction of sp³-hybridized carbons (Fsp3) is 0.259. The number of halogens is 3. The third-order valence-electron chi connectivity index (χ3n) is 7.26. The molecular formula is C27H22ClF2N7OS. The normalized spacial score (nSPS) is 15.5. The molecule has 12 heteroatoms. The number of thiazole rings is 1. The Bertz CT molecular complexity index is 1720. The third kappa shape index (κ3) is 4.02. The van der Waals surface area contributed by atoms with Crippen LogP contribution in [0.25, 0.3) is 32.2 Å². The van der Waals surface area contributed by atoms with Crippen molar-refractivity contribution in [3.05, 3.63) is 53.1 Å². The number of nitrogens with zero attached hydrogens (tertiary/aromatic N) is 6. The van der Waals surface area contributed by atoms with E-state index in [2.05, 4.69) is 22.6 Å². The van der Waals surface area contributed by atoms with Crippen LogP contribution in [0, 0.1) is 23.0 Å². The molecule has 8 nitrogen and oxygen atoms in total. The second kappa shape index (κ2) is 9.63. The summed E-state index contributed by atoms with van der Waals surface area (Å²) < 4.78 is 31.2. The zero-order chi connectivity index (χ0) is 27.4. The molecule has 1 amide bonds. The summed E-state index contributed by atoms with van der Waals surface area (Å²) in [4.78, 5) is 26.6. The molecule has 0 saturated carbocycles. The van der Waals surface area contributed by atoms with E-state index in [0.717, 1.165) is 17.8 Å². The number of nitrogens with two attached hydrogens (primary N) is 1. The lowest BCUT2D eigenvalue weighted by Gasteiger charge is -2.38. The lowest BCUT2D eigenvalue weighted by Crippen LogP contribution is -2.48. The van der Waals surface area contributed by atoms with Crippen LogP contribution < -0.4 is 15.5 Å². The number of aromatic nitrogens is 2. The molecule has 2 fully saturated rings. The summed E-state index contributed by atoms with van der Waals surface area (Å²) in [6, 6.07) is 6.57. The van der Waals surface area contributed by atoms with Gasteiger partial charge in [0, 0.05) is 55.8 Å². The number of carbonyl (C=O) groups is 1. The zero-order valence-electron chi connectivity index (χ0n) is 20.7. The number of amides is 1. The molecule has 0 radical (unpaired) electrons. The van der Waals surface area contributed by atoms with Crippen molar-refractivity contribution >= 4 is 66.6 Å². The van der Waals surface area contributed by atoms with Gasteiger partial charge in [0.1, 0.15) is 28.8 Å². The molecule has 0 unspecified atom stereocenters. The van der Waals surface area contributed by atoms with E-state index in [1.807, 2.05) is 9.80 Å². The number of nitriles is 1. The van der Waals surface area contributed by atoms with Gasteiger partial charge in [-0.25, -0.2) is 18.7 Å². The van der Waals surface area contributed by atoms with Crippen molar-refractivity contribution < 1.29 is 13.6 Å². The Balaban J connectivity index is 1.58. The Morgan fingerprint density at radius 3 is 2.51 bits per heavy atom. The number of hydrogen-bond acceptors (Lipinski definition) is 8. The molecule has 6 rings (SSSR count). The van der Waals surface area contributed by atoms with E-state index in [9.17, 15) is 14.4 Å². The van der Waals surface area contributed by atoms with E-state index < -0.39 is 11.6 Å². The molecule has 0 aliphatic carbocycles. The first kappa shape index (κ1) is 25.3. The molecule has 0 atom stereocenters. The molecule has 198 valence electrons. The molecule has 0 spiro atoms. The molecule has 2 aliphatic heterocycles. The predicted octanol–water partition coefficient (Wildman–Crippen LogP) is 4.94. The van der Waals surface area contributed by atoms with Crippen molar-refractivity contribution in [2.24, 2.45) is 0 Å². The highest BCUT2D eigenvalue weighted by Crippen LogP contribution is 2.45. The standard InChI is InChI=1S/C27H22ClF2N7OS/c1-2-19(38)35-8-10-36(11-9-35)24-15-12-17(28)20(14-4-5-18(29)25-23(14)34-27(32)39-25)21(30)22(15)33-26(16(24)13-31)37-6-3-7-37/h2,4-5,12H,1,3,6-11H2,(H2,32,34). The summed E-state index contributed by atoms with van der Waals surface area (Å²) in [5.41, 5.74) is 7.34. The fourth-order valence-corrected chi connectivity index (χ4v) is 6.27. The number of piperazine rings is 1. The smallest absolute Gasteiger partial charge is 0.246 e. The van der Waals surface area contributed by atoms with E-state index in [1.54, 1.807) is 11.0 Å². The van der Waals surface area contributed by atoms with Crippen molar-refractivity contribution in [2.75, 3.05) is 54.8 Å². The molecule has 4 aromatic rings. The summed E-state index contributed by atoms with van der Waals surface area (Å²) in [5, 5.41) is 10.9. The molecule has 2 N–H and O–H groups in total. The van der Waals surface area contributed by atoms with Gasteiger partial charge in [-0.05, 0) is 30.7 Å². The third-order valence-corrected chi connectivity index (χ3v) is 8.45. The number of rotatable bonds is 4. The van der Waals surface area contributed by atoms with E-state index in [-0.39, 0.29) is 37.4 Å². The largest absolute Gasteiger partial charge is 0.375 e. The van der Waals surface area contributed by atoms with Crippen molar-refractivity contribution in [3.63, 3.8) is 0 Å². The Kier molecular flexibility index (Phi) is 6.24. The number of pyridine rings is 1. The maximum absolute atomic E-state index is 16.5. The molecule has 0 bridgehead atoms. The van der Waals surface area contributed by atoms with Gasteiger partial charge < -0.3 is 20.4 Å². The van der Waals surface area contributed by atoms with Gasteiger partial charge in [0.2, 0.25) is 5.91 Å². The number of nitrogen functional groups attached to an aromatic ring is 1. The monoisotopic (exact) mass is 565 g/mol. The average Bonchev–Trinajstić information content (AvgIpc) is 3.30. The highest BCUT2D eigenvalue weighted by molar-refractivity contribution is 7.22. The van der Waals surface area contributed by atoms with Crippen molar-refractivity contribution in [3.8, 4) is 17.2 Å². The fourth-order valence-electron chi connectivity index (χ4n) is 5.21. The van der Waals surface area contributed by atoms with Crippen LogP contribution in [-0.2, 0) is 4.79 Å². The molecule has 39 heavy (non-hydrogen) atoms.